The van der Waals surface area contributed by atoms with Crippen molar-refractivity contribution in [3.05, 3.63) is 24.3 Å². The molecule has 1 N–H and O–H groups in total. The second-order valence-electron chi connectivity index (χ2n) is 5.67. The minimum Gasteiger partial charge on any atom is -0.497 e. The summed E-state index contributed by atoms with van der Waals surface area (Å²) in [5, 5.41) is 13.2. The molecule has 116 valence electrons. The molecule has 2 heterocycles. The summed E-state index contributed by atoms with van der Waals surface area (Å²) in [6.45, 7) is 2.69. The van der Waals surface area contributed by atoms with Gasteiger partial charge in [-0.1, -0.05) is 5.16 Å². The summed E-state index contributed by atoms with van der Waals surface area (Å²) in [6.07, 6.45) is 0.558. The smallest absolute Gasteiger partial charge is 0.324 e. The highest BCUT2D eigenvalue weighted by atomic mass is 16.5. The zero-order chi connectivity index (χ0) is 15.7. The van der Waals surface area contributed by atoms with Crippen LogP contribution in [0.25, 0.3) is 11.4 Å². The summed E-state index contributed by atoms with van der Waals surface area (Å²) >= 11 is 0. The minimum atomic E-state index is -0.801. The predicted molar refractivity (Wildman–Crippen MR) is 78.9 cm³/mol. The topological polar surface area (TPSA) is 88.7 Å². The SMILES string of the molecule is COc1ccc(-c2noc(N3CCC(C)(C(=O)O)C3)n2)cc1. The van der Waals surface area contributed by atoms with E-state index in [-0.39, 0.29) is 0 Å². The van der Waals surface area contributed by atoms with Gasteiger partial charge in [-0.15, -0.1) is 0 Å². The molecule has 1 aromatic heterocycles. The Morgan fingerprint density at radius 3 is 2.73 bits per heavy atom. The molecule has 0 bridgehead atoms. The Kier molecular flexibility index (Phi) is 3.48. The van der Waals surface area contributed by atoms with Gasteiger partial charge in [0.15, 0.2) is 0 Å². The van der Waals surface area contributed by atoms with E-state index >= 15 is 0 Å². The Morgan fingerprint density at radius 2 is 2.14 bits per heavy atom. The molecular formula is C15H17N3O4. The molecule has 2 aromatic rings. The number of benzene rings is 1. The standard InChI is InChI=1S/C15H17N3O4/c1-15(13(19)20)7-8-18(9-15)14-16-12(17-22-14)10-3-5-11(21-2)6-4-10/h3-6H,7-9H2,1-2H3,(H,19,20). The van der Waals surface area contributed by atoms with Gasteiger partial charge in [0.2, 0.25) is 5.82 Å². The molecule has 1 unspecified atom stereocenters. The number of aliphatic carboxylic acids is 1. The Balaban J connectivity index is 1.78. The van der Waals surface area contributed by atoms with Gasteiger partial charge in [-0.3, -0.25) is 4.79 Å². The van der Waals surface area contributed by atoms with Crippen LogP contribution >= 0.6 is 0 Å². The van der Waals surface area contributed by atoms with E-state index in [1.165, 1.54) is 0 Å². The maximum Gasteiger partial charge on any atom is 0.324 e. The van der Waals surface area contributed by atoms with Gasteiger partial charge in [-0.05, 0) is 37.6 Å². The molecule has 1 atom stereocenters. The fourth-order valence-electron chi connectivity index (χ4n) is 2.50. The number of aromatic nitrogens is 2. The van der Waals surface area contributed by atoms with E-state index in [9.17, 15) is 9.90 Å². The quantitative estimate of drug-likeness (QED) is 0.924. The van der Waals surface area contributed by atoms with Crippen LogP contribution in [0.1, 0.15) is 13.3 Å². The van der Waals surface area contributed by atoms with Crippen LogP contribution in [0.2, 0.25) is 0 Å². The van der Waals surface area contributed by atoms with Crippen LogP contribution in [0.15, 0.2) is 28.8 Å². The van der Waals surface area contributed by atoms with Crippen molar-refractivity contribution in [3.8, 4) is 17.1 Å². The molecule has 7 nitrogen and oxygen atoms in total. The van der Waals surface area contributed by atoms with Gasteiger partial charge < -0.3 is 19.3 Å². The lowest BCUT2D eigenvalue weighted by molar-refractivity contribution is -0.146. The number of carboxylic acids is 1. The molecule has 0 aliphatic carbocycles. The van der Waals surface area contributed by atoms with E-state index in [1.54, 1.807) is 14.0 Å². The summed E-state index contributed by atoms with van der Waals surface area (Å²) in [4.78, 5) is 17.5. The van der Waals surface area contributed by atoms with E-state index in [0.717, 1.165) is 11.3 Å². The summed E-state index contributed by atoms with van der Waals surface area (Å²) < 4.78 is 10.4. The number of ether oxygens (including phenoxy) is 1. The van der Waals surface area contributed by atoms with E-state index < -0.39 is 11.4 Å². The number of methoxy groups -OCH3 is 1. The van der Waals surface area contributed by atoms with Crippen LogP contribution in [-0.2, 0) is 4.79 Å². The van der Waals surface area contributed by atoms with Crippen molar-refractivity contribution in [1.82, 2.24) is 10.1 Å². The lowest BCUT2D eigenvalue weighted by atomic mass is 9.90. The van der Waals surface area contributed by atoms with Gasteiger partial charge in [-0.25, -0.2) is 0 Å². The van der Waals surface area contributed by atoms with Gasteiger partial charge >= 0.3 is 12.0 Å². The molecule has 1 saturated heterocycles. The molecule has 1 aliphatic heterocycles. The predicted octanol–water partition coefficient (Wildman–Crippen LogP) is 2.05. The molecule has 22 heavy (non-hydrogen) atoms. The highest BCUT2D eigenvalue weighted by Gasteiger charge is 2.42. The molecule has 1 aromatic carbocycles. The lowest BCUT2D eigenvalue weighted by Gasteiger charge is -2.18. The first-order valence-corrected chi connectivity index (χ1v) is 6.98. The fourth-order valence-corrected chi connectivity index (χ4v) is 2.50. The van der Waals surface area contributed by atoms with Crippen LogP contribution in [0.3, 0.4) is 0 Å². The molecule has 0 spiro atoms. The number of hydrogen-bond donors (Lipinski definition) is 1. The van der Waals surface area contributed by atoms with Crippen LogP contribution in [0, 0.1) is 5.41 Å². The molecule has 0 amide bonds. The van der Waals surface area contributed by atoms with E-state index in [0.29, 0.717) is 31.3 Å². The molecule has 1 fully saturated rings. The first-order chi connectivity index (χ1) is 10.5. The number of hydrogen-bond acceptors (Lipinski definition) is 6. The van der Waals surface area contributed by atoms with Crippen LogP contribution in [-0.4, -0.2) is 41.4 Å². The Labute approximate surface area is 127 Å². The van der Waals surface area contributed by atoms with Crippen molar-refractivity contribution >= 4 is 12.0 Å². The van der Waals surface area contributed by atoms with Gasteiger partial charge in [0.1, 0.15) is 5.75 Å². The minimum absolute atomic E-state index is 0.357. The van der Waals surface area contributed by atoms with Crippen molar-refractivity contribution < 1.29 is 19.2 Å². The van der Waals surface area contributed by atoms with Gasteiger partial charge in [0.05, 0.1) is 12.5 Å². The Morgan fingerprint density at radius 1 is 1.41 bits per heavy atom. The number of nitrogens with zero attached hydrogens (tertiary/aromatic N) is 3. The van der Waals surface area contributed by atoms with E-state index in [1.807, 2.05) is 29.2 Å². The van der Waals surface area contributed by atoms with Crippen LogP contribution in [0.4, 0.5) is 6.01 Å². The third kappa shape index (κ3) is 2.49. The molecule has 7 heteroatoms. The van der Waals surface area contributed by atoms with Gasteiger partial charge in [0.25, 0.3) is 0 Å². The first-order valence-electron chi connectivity index (χ1n) is 6.98. The third-order valence-electron chi connectivity index (χ3n) is 4.02. The Bertz CT molecular complexity index is 682. The molecule has 1 aliphatic rings. The molecule has 0 saturated carbocycles. The van der Waals surface area contributed by atoms with Crippen molar-refractivity contribution in [1.29, 1.82) is 0 Å². The maximum absolute atomic E-state index is 11.3. The van der Waals surface area contributed by atoms with Crippen molar-refractivity contribution in [2.24, 2.45) is 5.41 Å². The van der Waals surface area contributed by atoms with E-state index in [2.05, 4.69) is 10.1 Å². The number of rotatable bonds is 4. The average molecular weight is 303 g/mol. The lowest BCUT2D eigenvalue weighted by Crippen LogP contribution is -2.31. The third-order valence-corrected chi connectivity index (χ3v) is 4.02. The van der Waals surface area contributed by atoms with Crippen molar-refractivity contribution in [2.45, 2.75) is 13.3 Å². The van der Waals surface area contributed by atoms with Crippen molar-refractivity contribution in [2.75, 3.05) is 25.1 Å². The summed E-state index contributed by atoms with van der Waals surface area (Å²) in [6, 6.07) is 7.69. The second kappa shape index (κ2) is 5.32. The zero-order valence-corrected chi connectivity index (χ0v) is 12.4. The summed E-state index contributed by atoms with van der Waals surface area (Å²) in [7, 11) is 1.61. The van der Waals surface area contributed by atoms with Gasteiger partial charge in [-0.2, -0.15) is 4.98 Å². The molecular weight excluding hydrogens is 286 g/mol. The van der Waals surface area contributed by atoms with Crippen LogP contribution < -0.4 is 9.64 Å². The Hall–Kier alpha value is -2.57. The fraction of sp³-hybridized carbons (Fsp3) is 0.400. The monoisotopic (exact) mass is 303 g/mol. The molecule has 3 rings (SSSR count). The number of carboxylic acid groups (broad SMARTS) is 1. The second-order valence-corrected chi connectivity index (χ2v) is 5.67. The maximum atomic E-state index is 11.3. The molecule has 0 radical (unpaired) electrons. The zero-order valence-electron chi connectivity index (χ0n) is 12.4. The van der Waals surface area contributed by atoms with Crippen LogP contribution in [0.5, 0.6) is 5.75 Å². The number of carbonyl (C=O) groups is 1. The van der Waals surface area contributed by atoms with E-state index in [4.69, 9.17) is 9.26 Å². The average Bonchev–Trinajstić information content (AvgIpc) is 3.15. The highest BCUT2D eigenvalue weighted by Crippen LogP contribution is 2.33. The largest absolute Gasteiger partial charge is 0.497 e. The van der Waals surface area contributed by atoms with Crippen molar-refractivity contribution in [3.63, 3.8) is 0 Å². The number of anilines is 1. The first kappa shape index (κ1) is 14.4. The summed E-state index contributed by atoms with van der Waals surface area (Å²) in [5.41, 5.74) is 0.0466. The normalized spacial score (nSPS) is 21.1. The highest BCUT2D eigenvalue weighted by molar-refractivity contribution is 5.76. The summed E-state index contributed by atoms with van der Waals surface area (Å²) in [5.74, 6) is 0.427. The van der Waals surface area contributed by atoms with Gasteiger partial charge in [0, 0.05) is 18.7 Å².